The Hall–Kier alpha value is -2.86. The standard InChI is InChI=1S/C20H22N4O2/c25-20(22-12-15-8-10-21-11-9-15)19-7-6-18(26-19)16-13-23-24(14-16)17-4-2-1-3-5-17/h1-7,13-15,21H,8-12H2,(H,22,25). The summed E-state index contributed by atoms with van der Waals surface area (Å²) in [5.41, 5.74) is 1.82. The topological polar surface area (TPSA) is 72.1 Å². The molecule has 0 radical (unpaired) electrons. The fourth-order valence-corrected chi connectivity index (χ4v) is 3.20. The van der Waals surface area contributed by atoms with Crippen LogP contribution in [-0.4, -0.2) is 35.3 Å². The molecule has 0 unspecified atom stereocenters. The molecule has 1 aromatic carbocycles. The molecule has 1 aliphatic rings. The van der Waals surface area contributed by atoms with Crippen molar-refractivity contribution in [3.05, 3.63) is 60.6 Å². The van der Waals surface area contributed by atoms with Gasteiger partial charge in [-0.1, -0.05) is 18.2 Å². The summed E-state index contributed by atoms with van der Waals surface area (Å²) in [5.74, 6) is 1.35. The average molecular weight is 350 g/mol. The molecule has 0 atom stereocenters. The molecule has 0 spiro atoms. The van der Waals surface area contributed by atoms with Crippen molar-refractivity contribution in [3.8, 4) is 17.0 Å². The van der Waals surface area contributed by atoms with E-state index in [2.05, 4.69) is 15.7 Å². The second-order valence-electron chi connectivity index (χ2n) is 6.58. The third-order valence-electron chi connectivity index (χ3n) is 4.73. The minimum absolute atomic E-state index is 0.162. The minimum Gasteiger partial charge on any atom is -0.451 e. The van der Waals surface area contributed by atoms with Gasteiger partial charge in [-0.2, -0.15) is 5.10 Å². The number of hydrogen-bond donors (Lipinski definition) is 2. The SMILES string of the molecule is O=C(NCC1CCNCC1)c1ccc(-c2cnn(-c3ccccc3)c2)o1. The highest BCUT2D eigenvalue weighted by atomic mass is 16.3. The van der Waals surface area contributed by atoms with Crippen molar-refractivity contribution >= 4 is 5.91 Å². The monoisotopic (exact) mass is 350 g/mol. The van der Waals surface area contributed by atoms with Gasteiger partial charge in [-0.15, -0.1) is 0 Å². The predicted octanol–water partition coefficient (Wildman–Crippen LogP) is 2.86. The van der Waals surface area contributed by atoms with Crippen LogP contribution in [0.1, 0.15) is 23.4 Å². The van der Waals surface area contributed by atoms with E-state index in [1.807, 2.05) is 42.6 Å². The third-order valence-corrected chi connectivity index (χ3v) is 4.73. The van der Waals surface area contributed by atoms with Gasteiger partial charge in [0.1, 0.15) is 5.76 Å². The summed E-state index contributed by atoms with van der Waals surface area (Å²) in [5, 5.41) is 10.7. The smallest absolute Gasteiger partial charge is 0.287 e. The van der Waals surface area contributed by atoms with E-state index in [1.54, 1.807) is 16.9 Å². The number of nitrogens with one attached hydrogen (secondary N) is 2. The molecule has 6 nitrogen and oxygen atoms in total. The number of rotatable bonds is 5. The van der Waals surface area contributed by atoms with Crippen LogP contribution < -0.4 is 10.6 Å². The first-order valence-electron chi connectivity index (χ1n) is 8.99. The Morgan fingerprint density at radius 2 is 2.00 bits per heavy atom. The van der Waals surface area contributed by atoms with E-state index in [0.29, 0.717) is 24.0 Å². The molecule has 2 aromatic heterocycles. The van der Waals surface area contributed by atoms with Gasteiger partial charge < -0.3 is 15.1 Å². The number of nitrogens with zero attached hydrogens (tertiary/aromatic N) is 2. The summed E-state index contributed by atoms with van der Waals surface area (Å²) in [6, 6.07) is 13.4. The lowest BCUT2D eigenvalue weighted by Gasteiger charge is -2.22. The van der Waals surface area contributed by atoms with Gasteiger partial charge in [-0.25, -0.2) is 4.68 Å². The molecule has 0 saturated carbocycles. The number of benzene rings is 1. The maximum atomic E-state index is 12.3. The van der Waals surface area contributed by atoms with Crippen molar-refractivity contribution in [1.82, 2.24) is 20.4 Å². The molecule has 1 saturated heterocycles. The zero-order valence-corrected chi connectivity index (χ0v) is 14.5. The molecule has 3 heterocycles. The lowest BCUT2D eigenvalue weighted by Crippen LogP contribution is -2.35. The highest BCUT2D eigenvalue weighted by Gasteiger charge is 2.17. The molecule has 26 heavy (non-hydrogen) atoms. The third kappa shape index (κ3) is 3.70. The lowest BCUT2D eigenvalue weighted by atomic mass is 9.98. The molecular weight excluding hydrogens is 328 g/mol. The van der Waals surface area contributed by atoms with Gasteiger partial charge in [0.05, 0.1) is 17.4 Å². The summed E-state index contributed by atoms with van der Waals surface area (Å²) < 4.78 is 7.53. The second kappa shape index (κ2) is 7.58. The van der Waals surface area contributed by atoms with E-state index in [9.17, 15) is 4.79 Å². The molecule has 0 aliphatic carbocycles. The van der Waals surface area contributed by atoms with Gasteiger partial charge in [0.25, 0.3) is 5.91 Å². The molecule has 4 rings (SSSR count). The van der Waals surface area contributed by atoms with E-state index < -0.39 is 0 Å². The molecular formula is C20H22N4O2. The Bertz CT molecular complexity index is 863. The second-order valence-corrected chi connectivity index (χ2v) is 6.58. The van der Waals surface area contributed by atoms with E-state index >= 15 is 0 Å². The minimum atomic E-state index is -0.162. The normalized spacial score (nSPS) is 15.1. The summed E-state index contributed by atoms with van der Waals surface area (Å²) in [7, 11) is 0. The van der Waals surface area contributed by atoms with Crippen LogP contribution in [0.2, 0.25) is 0 Å². The number of aromatic nitrogens is 2. The maximum absolute atomic E-state index is 12.3. The molecule has 6 heteroatoms. The molecule has 0 bridgehead atoms. The Kier molecular flexibility index (Phi) is 4.84. The number of hydrogen-bond acceptors (Lipinski definition) is 4. The van der Waals surface area contributed by atoms with Crippen molar-refractivity contribution in [2.75, 3.05) is 19.6 Å². The average Bonchev–Trinajstić information content (AvgIpc) is 3.37. The van der Waals surface area contributed by atoms with Crippen molar-refractivity contribution in [2.45, 2.75) is 12.8 Å². The van der Waals surface area contributed by atoms with E-state index in [1.165, 1.54) is 0 Å². The van der Waals surface area contributed by atoms with Crippen LogP contribution in [-0.2, 0) is 0 Å². The zero-order chi connectivity index (χ0) is 17.8. The molecule has 2 N–H and O–H groups in total. The summed E-state index contributed by atoms with van der Waals surface area (Å²) in [6.45, 7) is 2.75. The first-order valence-corrected chi connectivity index (χ1v) is 8.99. The van der Waals surface area contributed by atoms with Crippen molar-refractivity contribution in [2.24, 2.45) is 5.92 Å². The molecule has 1 amide bonds. The van der Waals surface area contributed by atoms with Gasteiger partial charge in [0.15, 0.2) is 5.76 Å². The number of amides is 1. The number of para-hydroxylation sites is 1. The van der Waals surface area contributed by atoms with Crippen molar-refractivity contribution in [3.63, 3.8) is 0 Å². The van der Waals surface area contributed by atoms with Gasteiger partial charge in [0.2, 0.25) is 0 Å². The number of carbonyl (C=O) groups is 1. The summed E-state index contributed by atoms with van der Waals surface area (Å²) >= 11 is 0. The van der Waals surface area contributed by atoms with Crippen molar-refractivity contribution < 1.29 is 9.21 Å². The van der Waals surface area contributed by atoms with Crippen LogP contribution in [0, 0.1) is 5.92 Å². The van der Waals surface area contributed by atoms with Crippen LogP contribution in [0.4, 0.5) is 0 Å². The lowest BCUT2D eigenvalue weighted by molar-refractivity contribution is 0.0917. The van der Waals surface area contributed by atoms with Gasteiger partial charge >= 0.3 is 0 Å². The Morgan fingerprint density at radius 3 is 2.81 bits per heavy atom. The largest absolute Gasteiger partial charge is 0.451 e. The first-order chi connectivity index (χ1) is 12.8. The van der Waals surface area contributed by atoms with E-state index in [4.69, 9.17) is 4.42 Å². The number of carbonyl (C=O) groups excluding carboxylic acids is 1. The van der Waals surface area contributed by atoms with Crippen LogP contribution in [0.5, 0.6) is 0 Å². The van der Waals surface area contributed by atoms with Gasteiger partial charge in [-0.05, 0) is 56.1 Å². The van der Waals surface area contributed by atoms with Crippen LogP contribution in [0.3, 0.4) is 0 Å². The molecule has 1 aliphatic heterocycles. The van der Waals surface area contributed by atoms with Gasteiger partial charge in [0, 0.05) is 12.7 Å². The fourth-order valence-electron chi connectivity index (χ4n) is 3.20. The van der Waals surface area contributed by atoms with Crippen LogP contribution >= 0.6 is 0 Å². The maximum Gasteiger partial charge on any atom is 0.287 e. The number of furan rings is 1. The quantitative estimate of drug-likeness (QED) is 0.742. The molecule has 3 aromatic rings. The first kappa shape index (κ1) is 16.6. The number of piperidine rings is 1. The Morgan fingerprint density at radius 1 is 1.19 bits per heavy atom. The highest BCUT2D eigenvalue weighted by Crippen LogP contribution is 2.23. The van der Waals surface area contributed by atoms with E-state index in [-0.39, 0.29) is 5.91 Å². The zero-order valence-electron chi connectivity index (χ0n) is 14.5. The van der Waals surface area contributed by atoms with Gasteiger partial charge in [-0.3, -0.25) is 4.79 Å². The highest BCUT2D eigenvalue weighted by molar-refractivity contribution is 5.92. The predicted molar refractivity (Wildman–Crippen MR) is 99.2 cm³/mol. The summed E-state index contributed by atoms with van der Waals surface area (Å²) in [6.07, 6.45) is 5.83. The van der Waals surface area contributed by atoms with Crippen LogP contribution in [0.15, 0.2) is 59.3 Å². The molecule has 134 valence electrons. The molecule has 1 fully saturated rings. The van der Waals surface area contributed by atoms with E-state index in [0.717, 1.165) is 37.2 Å². The Balaban J connectivity index is 1.41. The fraction of sp³-hybridized carbons (Fsp3) is 0.300. The van der Waals surface area contributed by atoms with Crippen LogP contribution in [0.25, 0.3) is 17.0 Å². The Labute approximate surface area is 152 Å². The van der Waals surface area contributed by atoms with Crippen molar-refractivity contribution in [1.29, 1.82) is 0 Å². The summed E-state index contributed by atoms with van der Waals surface area (Å²) in [4.78, 5) is 12.3.